The fourth-order valence-corrected chi connectivity index (χ4v) is 4.10. The van der Waals surface area contributed by atoms with Crippen LogP contribution in [0.15, 0.2) is 24.3 Å². The molecule has 134 valence electrons. The van der Waals surface area contributed by atoms with Gasteiger partial charge in [-0.15, -0.1) is 24.8 Å². The second-order valence-corrected chi connectivity index (χ2v) is 7.18. The quantitative estimate of drug-likeness (QED) is 0.857. The second-order valence-electron chi connectivity index (χ2n) is 6.74. The monoisotopic (exact) mass is 391 g/mol. The number of halogens is 3. The molecule has 4 nitrogen and oxygen atoms in total. The molecular formula is C17H24Cl3N3O. The average Bonchev–Trinajstić information content (AvgIpc) is 3.01. The maximum Gasteiger partial charge on any atom is 0.226 e. The summed E-state index contributed by atoms with van der Waals surface area (Å²) < 4.78 is 0. The van der Waals surface area contributed by atoms with E-state index in [1.54, 1.807) is 0 Å². The van der Waals surface area contributed by atoms with Crippen LogP contribution < -0.4 is 5.32 Å². The highest BCUT2D eigenvalue weighted by molar-refractivity contribution is 6.30. The van der Waals surface area contributed by atoms with E-state index in [-0.39, 0.29) is 24.8 Å². The van der Waals surface area contributed by atoms with Crippen LogP contribution in [0.4, 0.5) is 0 Å². The summed E-state index contributed by atoms with van der Waals surface area (Å²) in [6.07, 6.45) is 0. The zero-order chi connectivity index (χ0) is 15.1. The summed E-state index contributed by atoms with van der Waals surface area (Å²) in [5, 5.41) is 4.14. The van der Waals surface area contributed by atoms with Crippen LogP contribution in [-0.2, 0) is 11.3 Å². The van der Waals surface area contributed by atoms with E-state index in [1.807, 2.05) is 12.1 Å². The Hall–Kier alpha value is -0.520. The lowest BCUT2D eigenvalue weighted by Crippen LogP contribution is -2.49. The van der Waals surface area contributed by atoms with E-state index >= 15 is 0 Å². The molecule has 1 saturated carbocycles. The first-order valence-corrected chi connectivity index (χ1v) is 8.56. The van der Waals surface area contributed by atoms with Gasteiger partial charge in [-0.05, 0) is 42.6 Å². The second kappa shape index (κ2) is 8.24. The molecule has 1 unspecified atom stereocenters. The minimum absolute atomic E-state index is 0. The highest BCUT2D eigenvalue weighted by Gasteiger charge is 2.57. The molecule has 1 N–H and O–H groups in total. The number of carbonyl (C=O) groups is 1. The van der Waals surface area contributed by atoms with Gasteiger partial charge >= 0.3 is 0 Å². The van der Waals surface area contributed by atoms with Gasteiger partial charge in [0.25, 0.3) is 0 Å². The van der Waals surface area contributed by atoms with Crippen molar-refractivity contribution in [3.05, 3.63) is 34.9 Å². The topological polar surface area (TPSA) is 35.6 Å². The highest BCUT2D eigenvalue weighted by atomic mass is 35.5. The number of carbonyl (C=O) groups excluding carboxylic acids is 1. The molecule has 2 saturated heterocycles. The molecule has 2 aliphatic heterocycles. The Labute approximate surface area is 160 Å². The summed E-state index contributed by atoms with van der Waals surface area (Å²) in [5.41, 5.74) is 1.28. The molecule has 3 atom stereocenters. The third-order valence-corrected chi connectivity index (χ3v) is 5.63. The first-order chi connectivity index (χ1) is 10.7. The van der Waals surface area contributed by atoms with Crippen molar-refractivity contribution >= 4 is 42.3 Å². The van der Waals surface area contributed by atoms with E-state index in [9.17, 15) is 4.79 Å². The number of nitrogens with zero attached hydrogens (tertiary/aromatic N) is 2. The molecule has 0 radical (unpaired) electrons. The third kappa shape index (κ3) is 4.00. The number of hydrogen-bond donors (Lipinski definition) is 1. The van der Waals surface area contributed by atoms with Crippen LogP contribution in [0.3, 0.4) is 0 Å². The van der Waals surface area contributed by atoms with Crippen LogP contribution >= 0.6 is 36.4 Å². The summed E-state index contributed by atoms with van der Waals surface area (Å²) in [5.74, 6) is 1.98. The van der Waals surface area contributed by atoms with Crippen LogP contribution in [0.25, 0.3) is 0 Å². The lowest BCUT2D eigenvalue weighted by atomic mass is 10.2. The van der Waals surface area contributed by atoms with Crippen molar-refractivity contribution in [3.8, 4) is 0 Å². The summed E-state index contributed by atoms with van der Waals surface area (Å²) in [4.78, 5) is 17.0. The zero-order valence-electron chi connectivity index (χ0n) is 13.5. The average molecular weight is 393 g/mol. The maximum absolute atomic E-state index is 12.5. The van der Waals surface area contributed by atoms with Crippen molar-refractivity contribution in [1.82, 2.24) is 15.1 Å². The summed E-state index contributed by atoms with van der Waals surface area (Å²) >= 11 is 5.92. The van der Waals surface area contributed by atoms with E-state index in [0.29, 0.717) is 23.7 Å². The molecule has 0 spiro atoms. The minimum atomic E-state index is 0. The number of rotatable bonds is 3. The van der Waals surface area contributed by atoms with Gasteiger partial charge in [-0.1, -0.05) is 23.7 Å². The van der Waals surface area contributed by atoms with E-state index in [2.05, 4.69) is 27.2 Å². The third-order valence-electron chi connectivity index (χ3n) is 5.38. The molecule has 0 aromatic heterocycles. The number of benzene rings is 1. The largest absolute Gasteiger partial charge is 0.340 e. The Morgan fingerprint density at radius 2 is 1.62 bits per heavy atom. The first kappa shape index (κ1) is 19.8. The normalized spacial score (nSPS) is 28.5. The van der Waals surface area contributed by atoms with Crippen molar-refractivity contribution in [2.75, 3.05) is 39.3 Å². The number of fused-ring (bicyclic) bond motifs is 1. The van der Waals surface area contributed by atoms with Gasteiger partial charge in [0.1, 0.15) is 0 Å². The van der Waals surface area contributed by atoms with Gasteiger partial charge < -0.3 is 10.2 Å². The van der Waals surface area contributed by atoms with Gasteiger partial charge in [0, 0.05) is 43.7 Å². The predicted molar refractivity (Wildman–Crippen MR) is 101 cm³/mol. The molecule has 4 rings (SSSR count). The van der Waals surface area contributed by atoms with Crippen molar-refractivity contribution < 1.29 is 4.79 Å². The van der Waals surface area contributed by atoms with Crippen molar-refractivity contribution in [3.63, 3.8) is 0 Å². The van der Waals surface area contributed by atoms with Gasteiger partial charge in [-0.3, -0.25) is 9.69 Å². The van der Waals surface area contributed by atoms with E-state index in [4.69, 9.17) is 11.6 Å². The maximum atomic E-state index is 12.5. The van der Waals surface area contributed by atoms with E-state index in [1.165, 1.54) is 5.56 Å². The molecule has 1 aliphatic carbocycles. The predicted octanol–water partition coefficient (Wildman–Crippen LogP) is 2.29. The summed E-state index contributed by atoms with van der Waals surface area (Å²) in [6, 6.07) is 8.05. The molecule has 3 aliphatic rings. The van der Waals surface area contributed by atoms with Crippen LogP contribution in [0.1, 0.15) is 5.56 Å². The fraction of sp³-hybridized carbons (Fsp3) is 0.588. The Kier molecular flexibility index (Phi) is 6.80. The fourth-order valence-electron chi connectivity index (χ4n) is 3.97. The van der Waals surface area contributed by atoms with Crippen LogP contribution in [0.2, 0.25) is 5.02 Å². The Bertz CT molecular complexity index is 551. The number of piperidine rings is 1. The van der Waals surface area contributed by atoms with Crippen LogP contribution in [0, 0.1) is 17.8 Å². The summed E-state index contributed by atoms with van der Waals surface area (Å²) in [7, 11) is 0. The first-order valence-electron chi connectivity index (χ1n) is 8.19. The standard InChI is InChI=1S/C17H22ClN3O.2ClH/c18-13-3-1-12(2-4-13)11-20-5-7-21(8-6-20)17(22)16-14-9-19-10-15(14)16;;/h1-4,14-16,19H,5-11H2;2*1H/t14-,15+,16?;;. The lowest BCUT2D eigenvalue weighted by molar-refractivity contribution is -0.135. The summed E-state index contributed by atoms with van der Waals surface area (Å²) in [6.45, 7) is 6.70. The lowest BCUT2D eigenvalue weighted by Gasteiger charge is -2.35. The highest BCUT2D eigenvalue weighted by Crippen LogP contribution is 2.49. The molecule has 0 bridgehead atoms. The SMILES string of the molecule is Cl.Cl.O=C(C1[C@H]2CNC[C@@H]12)N1CCN(Cc2ccc(Cl)cc2)CC1. The Balaban J connectivity index is 0.00000104. The van der Waals surface area contributed by atoms with Crippen LogP contribution in [-0.4, -0.2) is 55.0 Å². The van der Waals surface area contributed by atoms with Gasteiger partial charge in [0.2, 0.25) is 5.91 Å². The molecule has 1 amide bonds. The Morgan fingerprint density at radius 1 is 1.04 bits per heavy atom. The number of amides is 1. The number of piperazine rings is 1. The van der Waals surface area contributed by atoms with E-state index < -0.39 is 0 Å². The van der Waals surface area contributed by atoms with Crippen molar-refractivity contribution in [2.24, 2.45) is 17.8 Å². The zero-order valence-corrected chi connectivity index (χ0v) is 15.9. The molecule has 7 heteroatoms. The van der Waals surface area contributed by atoms with E-state index in [0.717, 1.165) is 50.8 Å². The number of hydrogen-bond acceptors (Lipinski definition) is 3. The number of nitrogens with one attached hydrogen (secondary N) is 1. The van der Waals surface area contributed by atoms with Gasteiger partial charge in [0.05, 0.1) is 0 Å². The van der Waals surface area contributed by atoms with Crippen LogP contribution in [0.5, 0.6) is 0 Å². The van der Waals surface area contributed by atoms with Gasteiger partial charge in [-0.25, -0.2) is 0 Å². The molecule has 1 aromatic rings. The molecule has 24 heavy (non-hydrogen) atoms. The van der Waals surface area contributed by atoms with Gasteiger partial charge in [-0.2, -0.15) is 0 Å². The molecule has 1 aromatic carbocycles. The molecular weight excluding hydrogens is 369 g/mol. The van der Waals surface area contributed by atoms with Crippen molar-refractivity contribution in [1.29, 1.82) is 0 Å². The van der Waals surface area contributed by atoms with Gasteiger partial charge in [0.15, 0.2) is 0 Å². The molecule has 2 heterocycles. The smallest absolute Gasteiger partial charge is 0.226 e. The molecule has 3 fully saturated rings. The Morgan fingerprint density at radius 3 is 2.21 bits per heavy atom. The minimum Gasteiger partial charge on any atom is -0.340 e. The van der Waals surface area contributed by atoms with Crippen molar-refractivity contribution in [2.45, 2.75) is 6.54 Å².